The molecule has 1 unspecified atom stereocenters. The fraction of sp³-hybridized carbons (Fsp3) is 0.143. The third-order valence-corrected chi connectivity index (χ3v) is 4.36. The number of rotatable bonds is 4. The standard InChI is InChI=1S/C14H13ClFNS/c15-12-3-1-2-4-13(12)18-14(9-17)10-5-7-11(16)8-6-10/h1-8,14H,9,17H2. The molecule has 4 heteroatoms. The number of benzene rings is 2. The van der Waals surface area contributed by atoms with E-state index in [1.807, 2.05) is 24.3 Å². The molecule has 94 valence electrons. The molecule has 0 saturated carbocycles. The second-order valence-corrected chi connectivity index (χ2v) is 5.48. The molecular weight excluding hydrogens is 269 g/mol. The van der Waals surface area contributed by atoms with Gasteiger partial charge < -0.3 is 5.73 Å². The number of nitrogens with two attached hydrogens (primary N) is 1. The largest absolute Gasteiger partial charge is 0.329 e. The molecule has 0 aliphatic carbocycles. The first-order valence-corrected chi connectivity index (χ1v) is 6.83. The molecule has 0 spiro atoms. The van der Waals surface area contributed by atoms with E-state index in [4.69, 9.17) is 17.3 Å². The third-order valence-electron chi connectivity index (χ3n) is 2.56. The van der Waals surface area contributed by atoms with Gasteiger partial charge in [-0.2, -0.15) is 0 Å². The Labute approximate surface area is 115 Å². The van der Waals surface area contributed by atoms with Crippen LogP contribution < -0.4 is 5.73 Å². The van der Waals surface area contributed by atoms with Crippen LogP contribution in [0.1, 0.15) is 10.8 Å². The van der Waals surface area contributed by atoms with Crippen molar-refractivity contribution in [1.29, 1.82) is 0 Å². The predicted octanol–water partition coefficient (Wildman–Crippen LogP) is 4.27. The van der Waals surface area contributed by atoms with Crippen LogP contribution in [0.15, 0.2) is 53.4 Å². The Morgan fingerprint density at radius 1 is 1.11 bits per heavy atom. The third kappa shape index (κ3) is 3.25. The van der Waals surface area contributed by atoms with E-state index in [-0.39, 0.29) is 11.1 Å². The minimum Gasteiger partial charge on any atom is -0.329 e. The molecule has 0 heterocycles. The maximum atomic E-state index is 12.9. The maximum absolute atomic E-state index is 12.9. The van der Waals surface area contributed by atoms with E-state index in [2.05, 4.69) is 0 Å². The van der Waals surface area contributed by atoms with Crippen molar-refractivity contribution in [3.63, 3.8) is 0 Å². The van der Waals surface area contributed by atoms with Gasteiger partial charge in [-0.25, -0.2) is 4.39 Å². The molecule has 0 amide bonds. The molecule has 1 nitrogen and oxygen atoms in total. The lowest BCUT2D eigenvalue weighted by molar-refractivity contribution is 0.627. The fourth-order valence-electron chi connectivity index (χ4n) is 1.62. The summed E-state index contributed by atoms with van der Waals surface area (Å²) in [7, 11) is 0. The molecule has 18 heavy (non-hydrogen) atoms. The van der Waals surface area contributed by atoms with Gasteiger partial charge in [0.15, 0.2) is 0 Å². The summed E-state index contributed by atoms with van der Waals surface area (Å²) in [6.07, 6.45) is 0. The average Bonchev–Trinajstić information content (AvgIpc) is 2.39. The van der Waals surface area contributed by atoms with Gasteiger partial charge in [0.1, 0.15) is 5.82 Å². The van der Waals surface area contributed by atoms with Gasteiger partial charge in [0.25, 0.3) is 0 Å². The van der Waals surface area contributed by atoms with Crippen molar-refractivity contribution in [3.05, 3.63) is 64.9 Å². The Hall–Kier alpha value is -1.03. The van der Waals surface area contributed by atoms with Crippen molar-refractivity contribution in [2.45, 2.75) is 10.1 Å². The molecule has 2 aromatic rings. The molecule has 0 aliphatic heterocycles. The summed E-state index contributed by atoms with van der Waals surface area (Å²) in [5.41, 5.74) is 6.79. The zero-order chi connectivity index (χ0) is 13.0. The van der Waals surface area contributed by atoms with E-state index in [1.54, 1.807) is 23.9 Å². The number of halogens is 2. The van der Waals surface area contributed by atoms with E-state index in [0.29, 0.717) is 11.6 Å². The monoisotopic (exact) mass is 281 g/mol. The van der Waals surface area contributed by atoms with Gasteiger partial charge in [-0.1, -0.05) is 35.9 Å². The van der Waals surface area contributed by atoms with Gasteiger partial charge in [0.2, 0.25) is 0 Å². The Balaban J connectivity index is 2.20. The van der Waals surface area contributed by atoms with Gasteiger partial charge in [0.05, 0.1) is 5.02 Å². The summed E-state index contributed by atoms with van der Waals surface area (Å²) < 4.78 is 12.9. The second kappa shape index (κ2) is 6.23. The van der Waals surface area contributed by atoms with Gasteiger partial charge in [-0.05, 0) is 29.8 Å². The summed E-state index contributed by atoms with van der Waals surface area (Å²) in [5, 5.41) is 0.786. The molecule has 1 atom stereocenters. The van der Waals surface area contributed by atoms with Crippen molar-refractivity contribution in [2.75, 3.05) is 6.54 Å². The predicted molar refractivity (Wildman–Crippen MR) is 75.5 cm³/mol. The Bertz CT molecular complexity index is 515. The second-order valence-electron chi connectivity index (χ2n) is 3.82. The molecular formula is C14H13ClFNS. The van der Waals surface area contributed by atoms with Crippen LogP contribution >= 0.6 is 23.4 Å². The van der Waals surface area contributed by atoms with Crippen molar-refractivity contribution < 1.29 is 4.39 Å². The summed E-state index contributed by atoms with van der Waals surface area (Å²) in [6, 6.07) is 14.1. The lowest BCUT2D eigenvalue weighted by Gasteiger charge is -2.15. The molecule has 2 aromatic carbocycles. The zero-order valence-corrected chi connectivity index (χ0v) is 11.2. The molecule has 0 bridgehead atoms. The quantitative estimate of drug-likeness (QED) is 0.847. The highest BCUT2D eigenvalue weighted by atomic mass is 35.5. The van der Waals surface area contributed by atoms with Crippen molar-refractivity contribution in [2.24, 2.45) is 5.73 Å². The summed E-state index contributed by atoms with van der Waals surface area (Å²) in [6.45, 7) is 0.474. The van der Waals surface area contributed by atoms with Crippen molar-refractivity contribution in [1.82, 2.24) is 0 Å². The Kier molecular flexibility index (Phi) is 4.64. The fourth-order valence-corrected chi connectivity index (χ4v) is 2.93. The summed E-state index contributed by atoms with van der Waals surface area (Å²) in [4.78, 5) is 0.985. The Morgan fingerprint density at radius 2 is 1.78 bits per heavy atom. The summed E-state index contributed by atoms with van der Waals surface area (Å²) >= 11 is 7.71. The van der Waals surface area contributed by atoms with Crippen molar-refractivity contribution >= 4 is 23.4 Å². The number of thioether (sulfide) groups is 1. The van der Waals surface area contributed by atoms with Gasteiger partial charge in [-0.3, -0.25) is 0 Å². The van der Waals surface area contributed by atoms with Gasteiger partial charge in [0, 0.05) is 16.7 Å². The van der Waals surface area contributed by atoms with Crippen LogP contribution in [0.4, 0.5) is 4.39 Å². The highest BCUT2D eigenvalue weighted by molar-refractivity contribution is 7.99. The minimum atomic E-state index is -0.239. The normalized spacial score (nSPS) is 12.4. The van der Waals surface area contributed by atoms with Crippen LogP contribution in [0.25, 0.3) is 0 Å². The Morgan fingerprint density at radius 3 is 2.39 bits per heavy atom. The van der Waals surface area contributed by atoms with Gasteiger partial charge in [-0.15, -0.1) is 11.8 Å². The van der Waals surface area contributed by atoms with Crippen LogP contribution in [-0.2, 0) is 0 Å². The van der Waals surface area contributed by atoms with Crippen molar-refractivity contribution in [3.8, 4) is 0 Å². The molecule has 0 saturated heterocycles. The van der Waals surface area contributed by atoms with Crippen LogP contribution in [-0.4, -0.2) is 6.54 Å². The topological polar surface area (TPSA) is 26.0 Å². The SMILES string of the molecule is NCC(Sc1ccccc1Cl)c1ccc(F)cc1. The molecule has 0 fully saturated rings. The molecule has 2 N–H and O–H groups in total. The van der Waals surface area contributed by atoms with Gasteiger partial charge >= 0.3 is 0 Å². The molecule has 2 rings (SSSR count). The first-order chi connectivity index (χ1) is 8.70. The highest BCUT2D eigenvalue weighted by Crippen LogP contribution is 2.37. The van der Waals surface area contributed by atoms with Crippen LogP contribution in [0.5, 0.6) is 0 Å². The van der Waals surface area contributed by atoms with E-state index in [1.165, 1.54) is 12.1 Å². The van der Waals surface area contributed by atoms with E-state index < -0.39 is 0 Å². The lowest BCUT2D eigenvalue weighted by Crippen LogP contribution is -2.09. The maximum Gasteiger partial charge on any atom is 0.123 e. The van der Waals surface area contributed by atoms with E-state index in [0.717, 1.165) is 10.5 Å². The van der Waals surface area contributed by atoms with Crippen LogP contribution in [0, 0.1) is 5.82 Å². The van der Waals surface area contributed by atoms with Crippen LogP contribution in [0.2, 0.25) is 5.02 Å². The lowest BCUT2D eigenvalue weighted by atomic mass is 10.1. The minimum absolute atomic E-state index is 0.0745. The molecule has 0 aliphatic rings. The first kappa shape index (κ1) is 13.4. The average molecular weight is 282 g/mol. The number of hydrogen-bond acceptors (Lipinski definition) is 2. The molecule has 0 aromatic heterocycles. The van der Waals surface area contributed by atoms with E-state index in [9.17, 15) is 4.39 Å². The van der Waals surface area contributed by atoms with Crippen LogP contribution in [0.3, 0.4) is 0 Å². The first-order valence-electron chi connectivity index (χ1n) is 5.57. The zero-order valence-electron chi connectivity index (χ0n) is 9.64. The highest BCUT2D eigenvalue weighted by Gasteiger charge is 2.13. The number of hydrogen-bond donors (Lipinski definition) is 1. The molecule has 0 radical (unpaired) electrons. The van der Waals surface area contributed by atoms with E-state index >= 15 is 0 Å². The summed E-state index contributed by atoms with van der Waals surface area (Å²) in [5.74, 6) is -0.239. The smallest absolute Gasteiger partial charge is 0.123 e.